The number of aryl methyl sites for hydroxylation is 1. The molecule has 1 aliphatic heterocycles. The van der Waals surface area contributed by atoms with Crippen LogP contribution in [0.1, 0.15) is 23.6 Å². The first-order valence-electron chi connectivity index (χ1n) is 5.96. The number of sulfone groups is 1. The molecule has 0 amide bonds. The van der Waals surface area contributed by atoms with E-state index >= 15 is 0 Å². The normalized spacial score (nSPS) is 24.7. The molecule has 0 radical (unpaired) electrons. The van der Waals surface area contributed by atoms with E-state index in [1.165, 1.54) is 11.1 Å². The first-order chi connectivity index (χ1) is 8.02. The quantitative estimate of drug-likeness (QED) is 0.891. The summed E-state index contributed by atoms with van der Waals surface area (Å²) in [6, 6.07) is 8.43. The van der Waals surface area contributed by atoms with Crippen LogP contribution in [0.4, 0.5) is 0 Å². The van der Waals surface area contributed by atoms with Crippen molar-refractivity contribution < 1.29 is 8.42 Å². The first kappa shape index (κ1) is 12.6. The van der Waals surface area contributed by atoms with E-state index in [1.54, 1.807) is 0 Å². The summed E-state index contributed by atoms with van der Waals surface area (Å²) in [4.78, 5) is 0. The van der Waals surface area contributed by atoms with Crippen molar-refractivity contribution in [3.05, 3.63) is 35.4 Å². The summed E-state index contributed by atoms with van der Waals surface area (Å²) in [7, 11) is -0.908. The Kier molecular flexibility index (Phi) is 3.54. The molecule has 0 aliphatic carbocycles. The molecule has 1 heterocycles. The fraction of sp³-hybridized carbons (Fsp3) is 0.538. The zero-order valence-corrected chi connectivity index (χ0v) is 11.1. The van der Waals surface area contributed by atoms with Gasteiger partial charge in [-0.05, 0) is 31.9 Å². The van der Waals surface area contributed by atoms with E-state index in [0.717, 1.165) is 6.42 Å². The van der Waals surface area contributed by atoms with Crippen molar-refractivity contribution in [3.63, 3.8) is 0 Å². The zero-order chi connectivity index (χ0) is 12.5. The third kappa shape index (κ3) is 2.87. The molecule has 2 rings (SSSR count). The smallest absolute Gasteiger partial charge is 0.150 e. The van der Waals surface area contributed by atoms with Gasteiger partial charge in [0.15, 0.2) is 9.84 Å². The van der Waals surface area contributed by atoms with Gasteiger partial charge < -0.3 is 5.32 Å². The van der Waals surface area contributed by atoms with E-state index in [-0.39, 0.29) is 12.0 Å². The van der Waals surface area contributed by atoms with Crippen LogP contribution in [0.15, 0.2) is 24.3 Å². The topological polar surface area (TPSA) is 46.2 Å². The molecule has 2 unspecified atom stereocenters. The fourth-order valence-corrected chi connectivity index (χ4v) is 4.46. The van der Waals surface area contributed by atoms with E-state index < -0.39 is 9.84 Å². The number of benzene rings is 1. The van der Waals surface area contributed by atoms with Crippen LogP contribution in [0.25, 0.3) is 0 Å². The van der Waals surface area contributed by atoms with Gasteiger partial charge in [-0.2, -0.15) is 0 Å². The molecule has 1 aromatic carbocycles. The Labute approximate surface area is 103 Å². The molecule has 0 spiro atoms. The lowest BCUT2D eigenvalue weighted by Gasteiger charge is -2.22. The predicted molar refractivity (Wildman–Crippen MR) is 69.7 cm³/mol. The molecule has 17 heavy (non-hydrogen) atoms. The number of nitrogens with one attached hydrogen (secondary N) is 1. The molecule has 3 nitrogen and oxygen atoms in total. The van der Waals surface area contributed by atoms with Gasteiger partial charge in [-0.3, -0.25) is 0 Å². The van der Waals surface area contributed by atoms with E-state index in [2.05, 4.69) is 30.4 Å². The van der Waals surface area contributed by atoms with Crippen LogP contribution < -0.4 is 5.32 Å². The van der Waals surface area contributed by atoms with Crippen LogP contribution in [0.5, 0.6) is 0 Å². The second-order valence-electron chi connectivity index (χ2n) is 4.84. The van der Waals surface area contributed by atoms with Crippen LogP contribution in [0, 0.1) is 12.8 Å². The molecule has 0 saturated carbocycles. The maximum absolute atomic E-state index is 11.5. The Hall–Kier alpha value is -0.870. The van der Waals surface area contributed by atoms with Crippen molar-refractivity contribution in [3.8, 4) is 0 Å². The van der Waals surface area contributed by atoms with Gasteiger partial charge >= 0.3 is 0 Å². The highest BCUT2D eigenvalue weighted by molar-refractivity contribution is 7.91. The Balaban J connectivity index is 2.23. The summed E-state index contributed by atoms with van der Waals surface area (Å²) in [5.41, 5.74) is 2.40. The molecule has 2 atom stereocenters. The lowest BCUT2D eigenvalue weighted by molar-refractivity contribution is 0.418. The Morgan fingerprint density at radius 1 is 1.41 bits per heavy atom. The number of rotatable bonds is 3. The summed E-state index contributed by atoms with van der Waals surface area (Å²) in [5, 5.41) is 3.26. The molecule has 4 heteroatoms. The van der Waals surface area contributed by atoms with Crippen LogP contribution in [0.3, 0.4) is 0 Å². The van der Waals surface area contributed by atoms with Gasteiger partial charge in [-0.25, -0.2) is 8.42 Å². The monoisotopic (exact) mass is 253 g/mol. The van der Waals surface area contributed by atoms with Gasteiger partial charge in [-0.15, -0.1) is 0 Å². The standard InChI is InChI=1S/C13H19NO2S/c1-10-4-3-5-11(8-10)13(14-2)12-6-7-17(15,16)9-12/h3-5,8,12-14H,6-7,9H2,1-2H3. The maximum Gasteiger partial charge on any atom is 0.150 e. The van der Waals surface area contributed by atoms with Crippen molar-refractivity contribution in [1.82, 2.24) is 5.32 Å². The lowest BCUT2D eigenvalue weighted by Crippen LogP contribution is -2.26. The Morgan fingerprint density at radius 2 is 2.18 bits per heavy atom. The minimum atomic E-state index is -2.81. The zero-order valence-electron chi connectivity index (χ0n) is 10.3. The van der Waals surface area contributed by atoms with Gasteiger partial charge in [0.1, 0.15) is 0 Å². The molecule has 1 aromatic rings. The van der Waals surface area contributed by atoms with Crippen LogP contribution in [-0.4, -0.2) is 27.0 Å². The second kappa shape index (κ2) is 4.78. The average Bonchev–Trinajstić information content (AvgIpc) is 2.60. The molecular formula is C13H19NO2S. The lowest BCUT2D eigenvalue weighted by atomic mass is 9.92. The second-order valence-corrected chi connectivity index (χ2v) is 7.07. The molecular weight excluding hydrogens is 234 g/mol. The van der Waals surface area contributed by atoms with Crippen molar-refractivity contribution >= 4 is 9.84 Å². The van der Waals surface area contributed by atoms with Gasteiger partial charge in [0.05, 0.1) is 11.5 Å². The Morgan fingerprint density at radius 3 is 2.71 bits per heavy atom. The van der Waals surface area contributed by atoms with Crippen molar-refractivity contribution in [2.75, 3.05) is 18.6 Å². The summed E-state index contributed by atoms with van der Waals surface area (Å²) in [6.45, 7) is 2.06. The number of hydrogen-bond acceptors (Lipinski definition) is 3. The third-order valence-corrected chi connectivity index (χ3v) is 5.25. The fourth-order valence-electron chi connectivity index (χ4n) is 2.62. The van der Waals surface area contributed by atoms with E-state index in [4.69, 9.17) is 0 Å². The van der Waals surface area contributed by atoms with Gasteiger partial charge in [0.25, 0.3) is 0 Å². The highest BCUT2D eigenvalue weighted by Gasteiger charge is 2.33. The molecule has 1 aliphatic rings. The Bertz CT molecular complexity index is 496. The minimum absolute atomic E-state index is 0.146. The first-order valence-corrected chi connectivity index (χ1v) is 7.78. The van der Waals surface area contributed by atoms with E-state index in [0.29, 0.717) is 11.5 Å². The van der Waals surface area contributed by atoms with E-state index in [1.807, 2.05) is 13.1 Å². The van der Waals surface area contributed by atoms with Crippen LogP contribution in [-0.2, 0) is 9.84 Å². The summed E-state index contributed by atoms with van der Waals surface area (Å²) < 4.78 is 23.1. The highest BCUT2D eigenvalue weighted by atomic mass is 32.2. The van der Waals surface area contributed by atoms with Crippen molar-refractivity contribution in [2.45, 2.75) is 19.4 Å². The molecule has 1 N–H and O–H groups in total. The van der Waals surface area contributed by atoms with E-state index in [9.17, 15) is 8.42 Å². The van der Waals surface area contributed by atoms with Gasteiger partial charge in [0.2, 0.25) is 0 Å². The number of hydrogen-bond donors (Lipinski definition) is 1. The molecule has 1 fully saturated rings. The third-order valence-electron chi connectivity index (χ3n) is 3.45. The largest absolute Gasteiger partial charge is 0.313 e. The summed E-state index contributed by atoms with van der Waals surface area (Å²) in [6.07, 6.45) is 0.766. The molecule has 1 saturated heterocycles. The van der Waals surface area contributed by atoms with Crippen molar-refractivity contribution in [2.24, 2.45) is 5.92 Å². The highest BCUT2D eigenvalue weighted by Crippen LogP contribution is 2.31. The van der Waals surface area contributed by atoms with Gasteiger partial charge in [0, 0.05) is 6.04 Å². The predicted octanol–water partition coefficient (Wildman–Crippen LogP) is 1.69. The average molecular weight is 253 g/mol. The molecule has 0 bridgehead atoms. The van der Waals surface area contributed by atoms with Crippen LogP contribution in [0.2, 0.25) is 0 Å². The van der Waals surface area contributed by atoms with Crippen LogP contribution >= 0.6 is 0 Å². The maximum atomic E-state index is 11.5. The summed E-state index contributed by atoms with van der Waals surface area (Å²) in [5.74, 6) is 0.848. The molecule has 94 valence electrons. The van der Waals surface area contributed by atoms with Crippen molar-refractivity contribution in [1.29, 1.82) is 0 Å². The molecule has 0 aromatic heterocycles. The SMILES string of the molecule is CNC(c1cccc(C)c1)C1CCS(=O)(=O)C1. The van der Waals surface area contributed by atoms with Gasteiger partial charge in [-0.1, -0.05) is 29.8 Å². The minimum Gasteiger partial charge on any atom is -0.313 e. The summed E-state index contributed by atoms with van der Waals surface area (Å²) >= 11 is 0.